The quantitative estimate of drug-likeness (QED) is 0.917. The number of para-hydroxylation sites is 1. The first-order chi connectivity index (χ1) is 9.07. The van der Waals surface area contributed by atoms with Crippen LogP contribution in [0, 0.1) is 6.92 Å². The second kappa shape index (κ2) is 5.45. The molecule has 0 bridgehead atoms. The predicted molar refractivity (Wildman–Crippen MR) is 75.6 cm³/mol. The summed E-state index contributed by atoms with van der Waals surface area (Å²) in [7, 11) is 1.84. The average molecular weight is 260 g/mol. The highest BCUT2D eigenvalue weighted by molar-refractivity contribution is 5.34. The SMILES string of the molecule is CCCC(O)c1c(C)n(C)n(-c2ccccc2)c1=O. The summed E-state index contributed by atoms with van der Waals surface area (Å²) in [5.41, 5.74) is 2.00. The standard InChI is InChI=1S/C15H20N2O2/c1-4-8-13(18)14-11(2)16(3)17(15(14)19)12-9-6-5-7-10-12/h5-7,9-10,13,18H,4,8H2,1-3H3. The maximum atomic E-state index is 12.5. The van der Waals surface area contributed by atoms with Crippen LogP contribution in [-0.2, 0) is 7.05 Å². The molecule has 4 heteroatoms. The fraction of sp³-hybridized carbons (Fsp3) is 0.400. The van der Waals surface area contributed by atoms with E-state index >= 15 is 0 Å². The molecule has 0 amide bonds. The average Bonchev–Trinajstić information content (AvgIpc) is 2.62. The molecule has 0 aliphatic rings. The largest absolute Gasteiger partial charge is 0.388 e. The van der Waals surface area contributed by atoms with Crippen molar-refractivity contribution in [1.29, 1.82) is 0 Å². The summed E-state index contributed by atoms with van der Waals surface area (Å²) in [5.74, 6) is 0. The van der Waals surface area contributed by atoms with E-state index in [1.54, 1.807) is 9.36 Å². The molecule has 1 aromatic carbocycles. The Bertz CT molecular complexity index is 611. The molecule has 102 valence electrons. The van der Waals surface area contributed by atoms with Crippen molar-refractivity contribution in [2.45, 2.75) is 32.8 Å². The van der Waals surface area contributed by atoms with Gasteiger partial charge in [0.15, 0.2) is 0 Å². The highest BCUT2D eigenvalue weighted by Gasteiger charge is 2.21. The zero-order chi connectivity index (χ0) is 14.0. The summed E-state index contributed by atoms with van der Waals surface area (Å²) < 4.78 is 3.40. The lowest BCUT2D eigenvalue weighted by Crippen LogP contribution is -2.22. The molecule has 1 aromatic heterocycles. The summed E-state index contributed by atoms with van der Waals surface area (Å²) in [5, 5.41) is 10.1. The van der Waals surface area contributed by atoms with Gasteiger partial charge in [-0.25, -0.2) is 4.68 Å². The molecule has 19 heavy (non-hydrogen) atoms. The predicted octanol–water partition coefficient (Wildman–Crippen LogP) is 2.32. The fourth-order valence-corrected chi connectivity index (χ4v) is 2.39. The molecule has 1 atom stereocenters. The Labute approximate surface area is 112 Å². The van der Waals surface area contributed by atoms with Gasteiger partial charge in [-0.15, -0.1) is 0 Å². The van der Waals surface area contributed by atoms with Gasteiger partial charge in [0.05, 0.1) is 17.4 Å². The lowest BCUT2D eigenvalue weighted by molar-refractivity contribution is 0.164. The fourth-order valence-electron chi connectivity index (χ4n) is 2.39. The maximum Gasteiger partial charge on any atom is 0.277 e. The van der Waals surface area contributed by atoms with Crippen molar-refractivity contribution in [3.8, 4) is 5.69 Å². The molecule has 0 aliphatic carbocycles. The van der Waals surface area contributed by atoms with Gasteiger partial charge in [0.1, 0.15) is 0 Å². The first-order valence-electron chi connectivity index (χ1n) is 6.60. The molecule has 2 aromatic rings. The second-order valence-electron chi connectivity index (χ2n) is 4.78. The summed E-state index contributed by atoms with van der Waals surface area (Å²) in [6.45, 7) is 3.87. The Kier molecular flexibility index (Phi) is 3.90. The smallest absolute Gasteiger partial charge is 0.277 e. The molecule has 0 radical (unpaired) electrons. The van der Waals surface area contributed by atoms with E-state index in [-0.39, 0.29) is 5.56 Å². The lowest BCUT2D eigenvalue weighted by Gasteiger charge is -2.08. The Morgan fingerprint density at radius 3 is 2.47 bits per heavy atom. The molecule has 0 aliphatic heterocycles. The molecule has 0 fully saturated rings. The Hall–Kier alpha value is -1.81. The summed E-state index contributed by atoms with van der Waals surface area (Å²) in [4.78, 5) is 12.5. The van der Waals surface area contributed by atoms with Crippen molar-refractivity contribution in [3.63, 3.8) is 0 Å². The summed E-state index contributed by atoms with van der Waals surface area (Å²) >= 11 is 0. The number of aliphatic hydroxyl groups is 1. The number of aromatic nitrogens is 2. The highest BCUT2D eigenvalue weighted by Crippen LogP contribution is 2.20. The summed E-state index contributed by atoms with van der Waals surface area (Å²) in [6.07, 6.45) is 0.767. The monoisotopic (exact) mass is 260 g/mol. The van der Waals surface area contributed by atoms with Crippen molar-refractivity contribution in [3.05, 3.63) is 51.9 Å². The van der Waals surface area contributed by atoms with E-state index in [9.17, 15) is 9.90 Å². The van der Waals surface area contributed by atoms with E-state index in [0.29, 0.717) is 12.0 Å². The molecule has 0 saturated carbocycles. The van der Waals surface area contributed by atoms with Crippen molar-refractivity contribution in [2.75, 3.05) is 0 Å². The van der Waals surface area contributed by atoms with Gasteiger partial charge < -0.3 is 5.11 Å². The Morgan fingerprint density at radius 1 is 1.26 bits per heavy atom. The van der Waals surface area contributed by atoms with E-state index in [0.717, 1.165) is 17.8 Å². The summed E-state index contributed by atoms with van der Waals surface area (Å²) in [6, 6.07) is 9.48. The first kappa shape index (κ1) is 13.6. The highest BCUT2D eigenvalue weighted by atomic mass is 16.3. The van der Waals surface area contributed by atoms with Crippen LogP contribution < -0.4 is 5.56 Å². The third kappa shape index (κ3) is 2.36. The Morgan fingerprint density at radius 2 is 1.89 bits per heavy atom. The maximum absolute atomic E-state index is 12.5. The van der Waals surface area contributed by atoms with E-state index in [2.05, 4.69) is 0 Å². The number of rotatable bonds is 4. The van der Waals surface area contributed by atoms with Gasteiger partial charge in [-0.2, -0.15) is 0 Å². The molecule has 2 rings (SSSR count). The number of nitrogens with zero attached hydrogens (tertiary/aromatic N) is 2. The molecule has 1 N–H and O–H groups in total. The van der Waals surface area contributed by atoms with Crippen molar-refractivity contribution >= 4 is 0 Å². The first-order valence-corrected chi connectivity index (χ1v) is 6.60. The minimum atomic E-state index is -0.686. The number of hydrogen-bond donors (Lipinski definition) is 1. The van der Waals surface area contributed by atoms with Crippen molar-refractivity contribution in [1.82, 2.24) is 9.36 Å². The van der Waals surface area contributed by atoms with Crippen LogP contribution in [0.25, 0.3) is 5.69 Å². The van der Waals surface area contributed by atoms with E-state index < -0.39 is 6.10 Å². The van der Waals surface area contributed by atoms with Gasteiger partial charge in [-0.1, -0.05) is 31.5 Å². The van der Waals surface area contributed by atoms with Crippen LogP contribution in [0.2, 0.25) is 0 Å². The minimum absolute atomic E-state index is 0.132. The molecule has 0 saturated heterocycles. The molecule has 4 nitrogen and oxygen atoms in total. The minimum Gasteiger partial charge on any atom is -0.388 e. The molecular weight excluding hydrogens is 240 g/mol. The molecule has 1 unspecified atom stereocenters. The van der Waals surface area contributed by atoms with Gasteiger partial charge in [0.2, 0.25) is 0 Å². The van der Waals surface area contributed by atoms with Crippen LogP contribution in [0.3, 0.4) is 0 Å². The van der Waals surface area contributed by atoms with Crippen LogP contribution >= 0.6 is 0 Å². The van der Waals surface area contributed by atoms with E-state index in [1.165, 1.54) is 0 Å². The van der Waals surface area contributed by atoms with E-state index in [1.807, 2.05) is 51.2 Å². The Balaban J connectivity index is 2.60. The van der Waals surface area contributed by atoms with Gasteiger partial charge in [-0.3, -0.25) is 9.48 Å². The van der Waals surface area contributed by atoms with Crippen LogP contribution in [0.5, 0.6) is 0 Å². The number of hydrogen-bond acceptors (Lipinski definition) is 2. The lowest BCUT2D eigenvalue weighted by atomic mass is 10.1. The third-order valence-corrected chi connectivity index (χ3v) is 3.49. The van der Waals surface area contributed by atoms with Crippen LogP contribution in [0.4, 0.5) is 0 Å². The van der Waals surface area contributed by atoms with Crippen LogP contribution in [0.1, 0.15) is 37.1 Å². The number of benzene rings is 1. The van der Waals surface area contributed by atoms with Crippen LogP contribution in [-0.4, -0.2) is 14.5 Å². The second-order valence-corrected chi connectivity index (χ2v) is 4.78. The van der Waals surface area contributed by atoms with Crippen molar-refractivity contribution in [2.24, 2.45) is 7.05 Å². The zero-order valence-electron chi connectivity index (χ0n) is 11.6. The van der Waals surface area contributed by atoms with Gasteiger partial charge >= 0.3 is 0 Å². The molecule has 0 spiro atoms. The number of aliphatic hydroxyl groups excluding tert-OH is 1. The third-order valence-electron chi connectivity index (χ3n) is 3.49. The zero-order valence-corrected chi connectivity index (χ0v) is 11.6. The topological polar surface area (TPSA) is 47.2 Å². The normalized spacial score (nSPS) is 12.6. The van der Waals surface area contributed by atoms with E-state index in [4.69, 9.17) is 0 Å². The van der Waals surface area contributed by atoms with Crippen molar-refractivity contribution < 1.29 is 5.11 Å². The molecular formula is C15H20N2O2. The van der Waals surface area contributed by atoms with Gasteiger partial charge in [-0.05, 0) is 25.5 Å². The molecule has 1 heterocycles. The van der Waals surface area contributed by atoms with Crippen LogP contribution in [0.15, 0.2) is 35.1 Å². The van der Waals surface area contributed by atoms with Gasteiger partial charge in [0.25, 0.3) is 5.56 Å². The van der Waals surface area contributed by atoms with Gasteiger partial charge in [0, 0.05) is 12.7 Å².